The topological polar surface area (TPSA) is 84.2 Å². The number of carbonyl (C=O) groups is 2. The van der Waals surface area contributed by atoms with Crippen molar-refractivity contribution in [3.05, 3.63) is 34.5 Å². The summed E-state index contributed by atoms with van der Waals surface area (Å²) in [4.78, 5) is 26.9. The maximum Gasteiger partial charge on any atom is 0.348 e. The van der Waals surface area contributed by atoms with Crippen LogP contribution in [0, 0.1) is 6.92 Å². The molecule has 2 heterocycles. The fourth-order valence-corrected chi connectivity index (χ4v) is 2.45. The van der Waals surface area contributed by atoms with Gasteiger partial charge < -0.3 is 15.0 Å². The van der Waals surface area contributed by atoms with E-state index >= 15 is 0 Å². The van der Waals surface area contributed by atoms with Crippen LogP contribution in [0.5, 0.6) is 0 Å². The number of nitrogens with one attached hydrogen (secondary N) is 1. The standard InChI is InChI=1S/C12H13N3O3S/c1-8-6-19-11(12(17)18)10(8)14-9(16)2-4-15-5-3-13-7-15/h3,5-7H,2,4H2,1H3,(H,14,16)(H,17,18). The Kier molecular flexibility index (Phi) is 3.96. The second-order valence-corrected chi connectivity index (χ2v) is 4.91. The van der Waals surface area contributed by atoms with E-state index in [1.54, 1.807) is 35.6 Å². The number of aryl methyl sites for hydroxylation is 2. The molecule has 1 amide bonds. The van der Waals surface area contributed by atoms with Gasteiger partial charge >= 0.3 is 5.97 Å². The molecule has 0 aliphatic carbocycles. The van der Waals surface area contributed by atoms with E-state index in [0.717, 1.165) is 16.9 Å². The first-order chi connectivity index (χ1) is 9.08. The average molecular weight is 279 g/mol. The van der Waals surface area contributed by atoms with E-state index in [0.29, 0.717) is 12.2 Å². The Bertz CT molecular complexity index is 589. The molecule has 0 unspecified atom stereocenters. The highest BCUT2D eigenvalue weighted by Crippen LogP contribution is 2.27. The third-order valence-electron chi connectivity index (χ3n) is 2.59. The molecule has 0 fully saturated rings. The summed E-state index contributed by atoms with van der Waals surface area (Å²) in [6, 6.07) is 0. The summed E-state index contributed by atoms with van der Waals surface area (Å²) in [5, 5.41) is 13.4. The van der Waals surface area contributed by atoms with Crippen LogP contribution in [0.15, 0.2) is 24.1 Å². The first-order valence-electron chi connectivity index (χ1n) is 5.65. The summed E-state index contributed by atoms with van der Waals surface area (Å²) < 4.78 is 1.79. The predicted molar refractivity (Wildman–Crippen MR) is 71.5 cm³/mol. The highest BCUT2D eigenvalue weighted by molar-refractivity contribution is 7.12. The third-order valence-corrected chi connectivity index (χ3v) is 3.68. The smallest absolute Gasteiger partial charge is 0.348 e. The van der Waals surface area contributed by atoms with Crippen LogP contribution in [0.4, 0.5) is 5.69 Å². The Hall–Kier alpha value is -2.15. The predicted octanol–water partition coefficient (Wildman–Crippen LogP) is 1.98. The number of hydrogen-bond acceptors (Lipinski definition) is 4. The van der Waals surface area contributed by atoms with Gasteiger partial charge in [-0.15, -0.1) is 11.3 Å². The second-order valence-electron chi connectivity index (χ2n) is 4.03. The van der Waals surface area contributed by atoms with Crippen LogP contribution in [-0.2, 0) is 11.3 Å². The van der Waals surface area contributed by atoms with E-state index in [9.17, 15) is 9.59 Å². The zero-order chi connectivity index (χ0) is 13.8. The van der Waals surface area contributed by atoms with Gasteiger partial charge in [0.05, 0.1) is 12.0 Å². The Morgan fingerprint density at radius 2 is 2.32 bits per heavy atom. The quantitative estimate of drug-likeness (QED) is 0.876. The number of anilines is 1. The van der Waals surface area contributed by atoms with Crippen molar-refractivity contribution >= 4 is 28.9 Å². The number of amides is 1. The normalized spacial score (nSPS) is 10.4. The molecule has 0 saturated carbocycles. The molecule has 0 aliphatic rings. The lowest BCUT2D eigenvalue weighted by molar-refractivity contribution is -0.116. The number of rotatable bonds is 5. The van der Waals surface area contributed by atoms with E-state index in [2.05, 4.69) is 10.3 Å². The van der Waals surface area contributed by atoms with Crippen LogP contribution in [0.25, 0.3) is 0 Å². The molecule has 100 valence electrons. The molecular formula is C12H13N3O3S. The molecule has 0 saturated heterocycles. The minimum atomic E-state index is -1.02. The first-order valence-corrected chi connectivity index (χ1v) is 6.53. The van der Waals surface area contributed by atoms with Gasteiger partial charge in [-0.2, -0.15) is 0 Å². The molecule has 2 N–H and O–H groups in total. The van der Waals surface area contributed by atoms with Gasteiger partial charge in [-0.1, -0.05) is 0 Å². The van der Waals surface area contributed by atoms with Crippen molar-refractivity contribution in [3.8, 4) is 0 Å². The van der Waals surface area contributed by atoms with Crippen molar-refractivity contribution < 1.29 is 14.7 Å². The van der Waals surface area contributed by atoms with Gasteiger partial charge in [-0.05, 0) is 17.9 Å². The lowest BCUT2D eigenvalue weighted by Gasteiger charge is -2.06. The maximum atomic E-state index is 11.8. The number of carbonyl (C=O) groups excluding carboxylic acids is 1. The van der Waals surface area contributed by atoms with E-state index in [4.69, 9.17) is 5.11 Å². The molecule has 6 nitrogen and oxygen atoms in total. The molecule has 0 spiro atoms. The van der Waals surface area contributed by atoms with E-state index < -0.39 is 5.97 Å². The Morgan fingerprint density at radius 1 is 1.53 bits per heavy atom. The van der Waals surface area contributed by atoms with Crippen LogP contribution in [0.3, 0.4) is 0 Å². The molecule has 2 aromatic heterocycles. The van der Waals surface area contributed by atoms with E-state index in [1.807, 2.05) is 0 Å². The fraction of sp³-hybridized carbons (Fsp3) is 0.250. The van der Waals surface area contributed by atoms with Gasteiger partial charge in [0.15, 0.2) is 0 Å². The Morgan fingerprint density at radius 3 is 2.95 bits per heavy atom. The minimum Gasteiger partial charge on any atom is -0.477 e. The van der Waals surface area contributed by atoms with Crippen molar-refractivity contribution in [2.24, 2.45) is 0 Å². The summed E-state index contributed by atoms with van der Waals surface area (Å²) >= 11 is 1.11. The van der Waals surface area contributed by atoms with Crippen molar-refractivity contribution in [3.63, 3.8) is 0 Å². The minimum absolute atomic E-state index is 0.161. The summed E-state index contributed by atoms with van der Waals surface area (Å²) in [6.45, 7) is 2.28. The average Bonchev–Trinajstić information content (AvgIpc) is 2.98. The Balaban J connectivity index is 1.99. The van der Waals surface area contributed by atoms with Gasteiger partial charge in [0, 0.05) is 25.4 Å². The molecule has 7 heteroatoms. The number of aromatic nitrogens is 2. The van der Waals surface area contributed by atoms with E-state index in [1.165, 1.54) is 0 Å². The number of carboxylic acids is 1. The van der Waals surface area contributed by atoms with Crippen molar-refractivity contribution in [1.82, 2.24) is 9.55 Å². The highest BCUT2D eigenvalue weighted by Gasteiger charge is 2.17. The molecule has 0 aromatic carbocycles. The van der Waals surface area contributed by atoms with Crippen LogP contribution in [0.2, 0.25) is 0 Å². The SMILES string of the molecule is Cc1csc(C(=O)O)c1NC(=O)CCn1ccnc1. The zero-order valence-corrected chi connectivity index (χ0v) is 11.1. The molecule has 0 aliphatic heterocycles. The molecular weight excluding hydrogens is 266 g/mol. The largest absolute Gasteiger partial charge is 0.477 e. The molecule has 0 radical (unpaired) electrons. The third kappa shape index (κ3) is 3.19. The number of imidazole rings is 1. The van der Waals surface area contributed by atoms with Crippen LogP contribution in [0.1, 0.15) is 21.7 Å². The maximum absolute atomic E-state index is 11.8. The number of nitrogens with zero attached hydrogens (tertiary/aromatic N) is 2. The fourth-order valence-electron chi connectivity index (χ4n) is 1.61. The van der Waals surface area contributed by atoms with Crippen molar-refractivity contribution in [1.29, 1.82) is 0 Å². The van der Waals surface area contributed by atoms with Crippen LogP contribution >= 0.6 is 11.3 Å². The summed E-state index contributed by atoms with van der Waals surface area (Å²) in [6.07, 6.45) is 5.31. The van der Waals surface area contributed by atoms with Crippen molar-refractivity contribution in [2.75, 3.05) is 5.32 Å². The number of thiophene rings is 1. The van der Waals surface area contributed by atoms with E-state index in [-0.39, 0.29) is 17.2 Å². The number of hydrogen-bond donors (Lipinski definition) is 2. The van der Waals surface area contributed by atoms with Gasteiger partial charge in [0.25, 0.3) is 0 Å². The highest BCUT2D eigenvalue weighted by atomic mass is 32.1. The first kappa shape index (κ1) is 13.3. The monoisotopic (exact) mass is 279 g/mol. The summed E-state index contributed by atoms with van der Waals surface area (Å²) in [5.41, 5.74) is 1.16. The van der Waals surface area contributed by atoms with Crippen LogP contribution in [-0.4, -0.2) is 26.5 Å². The van der Waals surface area contributed by atoms with Crippen LogP contribution < -0.4 is 5.32 Å². The molecule has 2 aromatic rings. The van der Waals surface area contributed by atoms with Gasteiger partial charge in [0.1, 0.15) is 4.88 Å². The second kappa shape index (κ2) is 5.66. The molecule has 2 rings (SSSR count). The zero-order valence-electron chi connectivity index (χ0n) is 10.3. The lowest BCUT2D eigenvalue weighted by Crippen LogP contribution is -2.16. The van der Waals surface area contributed by atoms with Gasteiger partial charge in [-0.3, -0.25) is 4.79 Å². The summed E-state index contributed by atoms with van der Waals surface area (Å²) in [7, 11) is 0. The number of carboxylic acid groups (broad SMARTS) is 1. The Labute approximate surface area is 113 Å². The van der Waals surface area contributed by atoms with Crippen molar-refractivity contribution in [2.45, 2.75) is 19.9 Å². The summed E-state index contributed by atoms with van der Waals surface area (Å²) in [5.74, 6) is -1.24. The van der Waals surface area contributed by atoms with Gasteiger partial charge in [0.2, 0.25) is 5.91 Å². The molecule has 19 heavy (non-hydrogen) atoms. The number of aromatic carboxylic acids is 1. The molecule has 0 atom stereocenters. The van der Waals surface area contributed by atoms with Gasteiger partial charge in [-0.25, -0.2) is 9.78 Å². The lowest BCUT2D eigenvalue weighted by atomic mass is 10.2. The molecule has 0 bridgehead atoms.